The molecule has 11 heavy (non-hydrogen) atoms. The Morgan fingerprint density at radius 1 is 1.73 bits per heavy atom. The lowest BCUT2D eigenvalue weighted by Crippen LogP contribution is -2.16. The van der Waals surface area contributed by atoms with Crippen LogP contribution in [0.1, 0.15) is 31.5 Å². The van der Waals surface area contributed by atoms with E-state index in [1.807, 2.05) is 24.6 Å². The zero-order valence-electron chi connectivity index (χ0n) is 7.33. The third-order valence-electron chi connectivity index (χ3n) is 1.68. The predicted molar refractivity (Wildman–Crippen MR) is 45.2 cm³/mol. The topological polar surface area (TPSA) is 43.8 Å². The molecule has 62 valence electrons. The second-order valence-corrected chi connectivity index (χ2v) is 2.80. The number of nitrogens with two attached hydrogens (primary N) is 1. The molecule has 0 saturated carbocycles. The molecule has 0 aromatic carbocycles. The van der Waals surface area contributed by atoms with Gasteiger partial charge in [0, 0.05) is 12.6 Å². The highest BCUT2D eigenvalue weighted by molar-refractivity contribution is 5.02. The van der Waals surface area contributed by atoms with Gasteiger partial charge in [-0.25, -0.2) is 4.98 Å². The van der Waals surface area contributed by atoms with Crippen LogP contribution in [-0.4, -0.2) is 9.55 Å². The fourth-order valence-corrected chi connectivity index (χ4v) is 1.18. The maximum absolute atomic E-state index is 5.73. The van der Waals surface area contributed by atoms with Crippen LogP contribution in [0, 0.1) is 6.92 Å². The van der Waals surface area contributed by atoms with Crippen molar-refractivity contribution in [1.82, 2.24) is 9.55 Å². The van der Waals surface area contributed by atoms with Gasteiger partial charge < -0.3 is 10.3 Å². The molecule has 0 aliphatic heterocycles. The standard InChI is InChI=1S/C8H15N3/c1-4-8-10-6(2)5-11(8)7(3)9/h5,7H,4,9H2,1-3H3. The SMILES string of the molecule is CCc1nc(C)cn1C(C)N. The first kappa shape index (κ1) is 8.27. The Bertz CT molecular complexity index is 237. The van der Waals surface area contributed by atoms with E-state index in [0.29, 0.717) is 0 Å². The molecule has 0 aliphatic carbocycles. The van der Waals surface area contributed by atoms with Crippen LogP contribution in [0.5, 0.6) is 0 Å². The van der Waals surface area contributed by atoms with E-state index >= 15 is 0 Å². The second-order valence-electron chi connectivity index (χ2n) is 2.80. The van der Waals surface area contributed by atoms with Crippen LogP contribution in [0.2, 0.25) is 0 Å². The molecular formula is C8H15N3. The number of aromatic nitrogens is 2. The van der Waals surface area contributed by atoms with Crippen LogP contribution >= 0.6 is 0 Å². The maximum Gasteiger partial charge on any atom is 0.109 e. The summed E-state index contributed by atoms with van der Waals surface area (Å²) >= 11 is 0. The third kappa shape index (κ3) is 1.60. The summed E-state index contributed by atoms with van der Waals surface area (Å²) in [6.07, 6.45) is 2.96. The fraction of sp³-hybridized carbons (Fsp3) is 0.625. The highest BCUT2D eigenvalue weighted by atomic mass is 15.1. The highest BCUT2D eigenvalue weighted by Crippen LogP contribution is 2.07. The van der Waals surface area contributed by atoms with Crippen LogP contribution in [0.25, 0.3) is 0 Å². The minimum absolute atomic E-state index is 0.0335. The van der Waals surface area contributed by atoms with Gasteiger partial charge in [-0.15, -0.1) is 0 Å². The van der Waals surface area contributed by atoms with E-state index in [1.54, 1.807) is 0 Å². The average Bonchev–Trinajstić information content (AvgIpc) is 2.30. The van der Waals surface area contributed by atoms with Gasteiger partial charge in [-0.05, 0) is 13.8 Å². The summed E-state index contributed by atoms with van der Waals surface area (Å²) in [5.41, 5.74) is 6.77. The van der Waals surface area contributed by atoms with E-state index < -0.39 is 0 Å². The first-order valence-corrected chi connectivity index (χ1v) is 3.95. The van der Waals surface area contributed by atoms with Gasteiger partial charge in [-0.2, -0.15) is 0 Å². The van der Waals surface area contributed by atoms with E-state index in [1.165, 1.54) is 0 Å². The van der Waals surface area contributed by atoms with E-state index in [9.17, 15) is 0 Å². The van der Waals surface area contributed by atoms with Crippen LogP contribution in [0.15, 0.2) is 6.20 Å². The van der Waals surface area contributed by atoms with Gasteiger partial charge in [0.2, 0.25) is 0 Å². The van der Waals surface area contributed by atoms with E-state index in [-0.39, 0.29) is 6.17 Å². The summed E-state index contributed by atoms with van der Waals surface area (Å²) in [6, 6.07) is 0. The molecule has 0 saturated heterocycles. The molecule has 0 radical (unpaired) electrons. The smallest absolute Gasteiger partial charge is 0.109 e. The Balaban J connectivity index is 3.02. The van der Waals surface area contributed by atoms with Gasteiger partial charge in [-0.3, -0.25) is 0 Å². The molecule has 0 bridgehead atoms. The Kier molecular flexibility index (Phi) is 2.29. The predicted octanol–water partition coefficient (Wildman–Crippen LogP) is 1.23. The normalized spacial score (nSPS) is 13.5. The second kappa shape index (κ2) is 3.05. The Hall–Kier alpha value is -0.830. The lowest BCUT2D eigenvalue weighted by Gasteiger charge is -2.09. The van der Waals surface area contributed by atoms with Crippen LogP contribution < -0.4 is 5.73 Å². The highest BCUT2D eigenvalue weighted by Gasteiger charge is 2.05. The van der Waals surface area contributed by atoms with Crippen molar-refractivity contribution in [2.45, 2.75) is 33.4 Å². The zero-order valence-corrected chi connectivity index (χ0v) is 7.33. The van der Waals surface area contributed by atoms with Gasteiger partial charge in [0.25, 0.3) is 0 Å². The fourth-order valence-electron chi connectivity index (χ4n) is 1.18. The summed E-state index contributed by atoms with van der Waals surface area (Å²) in [6.45, 7) is 6.03. The van der Waals surface area contributed by atoms with E-state index in [2.05, 4.69) is 11.9 Å². The lowest BCUT2D eigenvalue weighted by atomic mass is 10.4. The van der Waals surface area contributed by atoms with E-state index in [4.69, 9.17) is 5.73 Å². The summed E-state index contributed by atoms with van der Waals surface area (Å²) in [4.78, 5) is 4.33. The van der Waals surface area contributed by atoms with Gasteiger partial charge in [0.05, 0.1) is 11.9 Å². The molecule has 3 heteroatoms. The molecule has 3 nitrogen and oxygen atoms in total. The number of hydrogen-bond donors (Lipinski definition) is 1. The monoisotopic (exact) mass is 153 g/mol. The summed E-state index contributed by atoms with van der Waals surface area (Å²) in [7, 11) is 0. The van der Waals surface area contributed by atoms with Gasteiger partial charge in [0.15, 0.2) is 0 Å². The minimum Gasteiger partial charge on any atom is -0.319 e. The molecule has 1 atom stereocenters. The first-order chi connectivity index (χ1) is 5.15. The van der Waals surface area contributed by atoms with E-state index in [0.717, 1.165) is 17.9 Å². The molecule has 1 aromatic rings. The molecule has 1 rings (SSSR count). The number of hydrogen-bond acceptors (Lipinski definition) is 2. The quantitative estimate of drug-likeness (QED) is 0.694. The van der Waals surface area contributed by atoms with Crippen LogP contribution in [-0.2, 0) is 6.42 Å². The summed E-state index contributed by atoms with van der Waals surface area (Å²) < 4.78 is 2.01. The van der Waals surface area contributed by atoms with Gasteiger partial charge >= 0.3 is 0 Å². The maximum atomic E-state index is 5.73. The van der Waals surface area contributed by atoms with Crippen LogP contribution in [0.3, 0.4) is 0 Å². The van der Waals surface area contributed by atoms with Crippen LogP contribution in [0.4, 0.5) is 0 Å². The van der Waals surface area contributed by atoms with Crippen molar-refractivity contribution in [2.24, 2.45) is 5.73 Å². The summed E-state index contributed by atoms with van der Waals surface area (Å²) in [5, 5.41) is 0. The number of rotatable bonds is 2. The Morgan fingerprint density at radius 2 is 2.36 bits per heavy atom. The van der Waals surface area contributed by atoms with Crippen molar-refractivity contribution in [3.63, 3.8) is 0 Å². The van der Waals surface area contributed by atoms with Gasteiger partial charge in [-0.1, -0.05) is 6.92 Å². The first-order valence-electron chi connectivity index (χ1n) is 3.95. The molecule has 1 heterocycles. The number of imidazole rings is 1. The van der Waals surface area contributed by atoms with Crippen molar-refractivity contribution in [3.05, 3.63) is 17.7 Å². The van der Waals surface area contributed by atoms with Crippen molar-refractivity contribution in [1.29, 1.82) is 0 Å². The molecule has 0 amide bonds. The molecule has 0 aliphatic rings. The molecule has 1 aromatic heterocycles. The molecule has 0 spiro atoms. The Labute approximate surface area is 67.2 Å². The van der Waals surface area contributed by atoms with Crippen molar-refractivity contribution < 1.29 is 0 Å². The van der Waals surface area contributed by atoms with Crippen molar-refractivity contribution in [2.75, 3.05) is 0 Å². The number of nitrogens with zero attached hydrogens (tertiary/aromatic N) is 2. The summed E-state index contributed by atoms with van der Waals surface area (Å²) in [5.74, 6) is 1.07. The number of aryl methyl sites for hydroxylation is 2. The van der Waals surface area contributed by atoms with Crippen molar-refractivity contribution in [3.8, 4) is 0 Å². The average molecular weight is 153 g/mol. The Morgan fingerprint density at radius 3 is 2.73 bits per heavy atom. The zero-order chi connectivity index (χ0) is 8.43. The largest absolute Gasteiger partial charge is 0.319 e. The molecular weight excluding hydrogens is 138 g/mol. The van der Waals surface area contributed by atoms with Gasteiger partial charge in [0.1, 0.15) is 5.82 Å². The third-order valence-corrected chi connectivity index (χ3v) is 1.68. The molecule has 1 unspecified atom stereocenters. The molecule has 2 N–H and O–H groups in total. The lowest BCUT2D eigenvalue weighted by molar-refractivity contribution is 0.546. The molecule has 0 fully saturated rings. The minimum atomic E-state index is 0.0335. The van der Waals surface area contributed by atoms with Crippen molar-refractivity contribution >= 4 is 0 Å².